The van der Waals surface area contributed by atoms with E-state index in [1.807, 2.05) is 32.9 Å². The zero-order valence-corrected chi connectivity index (χ0v) is 19.4. The Bertz CT molecular complexity index is 939. The molecule has 6 unspecified atom stereocenters. The van der Waals surface area contributed by atoms with Crippen LogP contribution in [0.2, 0.25) is 0 Å². The minimum Gasteiger partial charge on any atom is -0.455 e. The SMILES string of the molecule is C=C(C)/C=C\C(=C/C)C(=O)OC1CC2C3CCC(C3)C2CC1OC(=O)c1ccc(C)cc1. The van der Waals surface area contributed by atoms with E-state index >= 15 is 0 Å². The van der Waals surface area contributed by atoms with Crippen LogP contribution in [0, 0.1) is 30.6 Å². The molecule has 1 aromatic rings. The molecule has 3 saturated carbocycles. The van der Waals surface area contributed by atoms with Gasteiger partial charge in [0.1, 0.15) is 12.2 Å². The van der Waals surface area contributed by atoms with Gasteiger partial charge >= 0.3 is 11.9 Å². The van der Waals surface area contributed by atoms with Gasteiger partial charge in [-0.2, -0.15) is 0 Å². The van der Waals surface area contributed by atoms with E-state index in [2.05, 4.69) is 6.58 Å². The zero-order valence-electron chi connectivity index (χ0n) is 19.4. The highest BCUT2D eigenvalue weighted by Crippen LogP contribution is 2.58. The number of carbonyl (C=O) groups excluding carboxylic acids is 2. The first-order chi connectivity index (χ1) is 15.4. The van der Waals surface area contributed by atoms with Crippen molar-refractivity contribution in [2.45, 2.75) is 65.1 Å². The van der Waals surface area contributed by atoms with E-state index in [0.29, 0.717) is 23.0 Å². The summed E-state index contributed by atoms with van der Waals surface area (Å²) in [5.74, 6) is 1.89. The third-order valence-corrected chi connectivity index (χ3v) is 7.60. The summed E-state index contributed by atoms with van der Waals surface area (Å²) in [7, 11) is 0. The molecule has 0 saturated heterocycles. The predicted molar refractivity (Wildman–Crippen MR) is 125 cm³/mol. The number of fused-ring (bicyclic) bond motifs is 5. The van der Waals surface area contributed by atoms with Crippen LogP contribution in [0.25, 0.3) is 0 Å². The summed E-state index contributed by atoms with van der Waals surface area (Å²) in [6, 6.07) is 7.41. The molecule has 2 bridgehead atoms. The highest BCUT2D eigenvalue weighted by molar-refractivity contribution is 5.92. The van der Waals surface area contributed by atoms with Gasteiger partial charge < -0.3 is 9.47 Å². The number of ether oxygens (including phenoxy) is 2. The highest BCUT2D eigenvalue weighted by atomic mass is 16.6. The van der Waals surface area contributed by atoms with Crippen molar-refractivity contribution in [3.63, 3.8) is 0 Å². The normalized spacial score (nSPS) is 31.4. The lowest BCUT2D eigenvalue weighted by atomic mass is 9.69. The summed E-state index contributed by atoms with van der Waals surface area (Å²) < 4.78 is 12.0. The third kappa shape index (κ3) is 4.74. The van der Waals surface area contributed by atoms with E-state index in [-0.39, 0.29) is 11.9 Å². The lowest BCUT2D eigenvalue weighted by Crippen LogP contribution is -2.46. The number of esters is 2. The van der Waals surface area contributed by atoms with Gasteiger partial charge in [0.15, 0.2) is 0 Å². The van der Waals surface area contributed by atoms with Crippen LogP contribution >= 0.6 is 0 Å². The number of hydrogen-bond donors (Lipinski definition) is 0. The standard InChI is InChI=1S/C28H34O4/c1-5-19(9-6-17(2)3)27(29)31-25-15-23-21-12-13-22(14-21)24(23)16-26(25)32-28(30)20-10-7-18(4)8-11-20/h5-11,21-26H,2,12-16H2,1,3-4H3/b9-6-,19-5+. The van der Waals surface area contributed by atoms with Crippen molar-refractivity contribution >= 4 is 11.9 Å². The van der Waals surface area contributed by atoms with Crippen LogP contribution in [-0.2, 0) is 14.3 Å². The van der Waals surface area contributed by atoms with E-state index in [9.17, 15) is 9.59 Å². The first-order valence-corrected chi connectivity index (χ1v) is 11.8. The number of aryl methyl sites for hydroxylation is 1. The fraction of sp³-hybridized carbons (Fsp3) is 0.500. The van der Waals surface area contributed by atoms with Gasteiger partial charge in [-0.05, 0) is 94.8 Å². The van der Waals surface area contributed by atoms with Gasteiger partial charge in [-0.25, -0.2) is 9.59 Å². The van der Waals surface area contributed by atoms with Crippen LogP contribution in [0.5, 0.6) is 0 Å². The summed E-state index contributed by atoms with van der Waals surface area (Å²) in [5.41, 5.74) is 2.99. The summed E-state index contributed by atoms with van der Waals surface area (Å²) in [6.07, 6.45) is 9.87. The van der Waals surface area contributed by atoms with Crippen LogP contribution in [0.3, 0.4) is 0 Å². The molecule has 0 N–H and O–H groups in total. The molecule has 4 rings (SSSR count). The van der Waals surface area contributed by atoms with Gasteiger partial charge in [-0.15, -0.1) is 0 Å². The minimum atomic E-state index is -0.411. The number of benzene rings is 1. The van der Waals surface area contributed by atoms with Crippen molar-refractivity contribution in [3.8, 4) is 0 Å². The Morgan fingerprint density at radius 2 is 1.53 bits per heavy atom. The maximum atomic E-state index is 12.9. The second-order valence-electron chi connectivity index (χ2n) is 9.81. The largest absolute Gasteiger partial charge is 0.455 e. The molecule has 6 atom stereocenters. The number of rotatable bonds is 6. The fourth-order valence-electron chi connectivity index (χ4n) is 5.97. The van der Waals surface area contributed by atoms with E-state index in [1.54, 1.807) is 30.4 Å². The Hall–Kier alpha value is -2.62. The smallest absolute Gasteiger partial charge is 0.338 e. The third-order valence-electron chi connectivity index (χ3n) is 7.60. The summed E-state index contributed by atoms with van der Waals surface area (Å²) in [4.78, 5) is 25.8. The molecule has 4 heteroatoms. The Morgan fingerprint density at radius 1 is 0.938 bits per heavy atom. The van der Waals surface area contributed by atoms with E-state index in [1.165, 1.54) is 19.3 Å². The Kier molecular flexibility index (Phi) is 6.68. The lowest BCUT2D eigenvalue weighted by molar-refractivity contribution is -0.158. The summed E-state index contributed by atoms with van der Waals surface area (Å²) in [6.45, 7) is 9.54. The molecule has 0 heterocycles. The molecule has 4 nitrogen and oxygen atoms in total. The van der Waals surface area contributed by atoms with Gasteiger partial charge in [-0.1, -0.05) is 42.0 Å². The predicted octanol–water partition coefficient (Wildman–Crippen LogP) is 5.97. The molecule has 32 heavy (non-hydrogen) atoms. The van der Waals surface area contributed by atoms with Crippen LogP contribution in [0.1, 0.15) is 61.9 Å². The van der Waals surface area contributed by atoms with Gasteiger partial charge in [0.25, 0.3) is 0 Å². The molecule has 3 aliphatic rings. The van der Waals surface area contributed by atoms with Crippen LogP contribution in [0.15, 0.2) is 60.2 Å². The van der Waals surface area contributed by atoms with Crippen molar-refractivity contribution in [3.05, 3.63) is 71.3 Å². The average molecular weight is 435 g/mol. The first-order valence-electron chi connectivity index (χ1n) is 11.8. The molecular weight excluding hydrogens is 400 g/mol. The fourth-order valence-corrected chi connectivity index (χ4v) is 5.97. The maximum absolute atomic E-state index is 12.9. The van der Waals surface area contributed by atoms with Gasteiger partial charge in [0.2, 0.25) is 0 Å². The molecule has 0 radical (unpaired) electrons. The van der Waals surface area contributed by atoms with Crippen molar-refractivity contribution < 1.29 is 19.1 Å². The van der Waals surface area contributed by atoms with Crippen LogP contribution in [0.4, 0.5) is 0 Å². The monoisotopic (exact) mass is 434 g/mol. The topological polar surface area (TPSA) is 52.6 Å². The summed E-state index contributed by atoms with van der Waals surface area (Å²) in [5, 5.41) is 0. The molecule has 0 aromatic heterocycles. The zero-order chi connectivity index (χ0) is 22.8. The number of carbonyl (C=O) groups is 2. The molecule has 0 aliphatic heterocycles. The van der Waals surface area contributed by atoms with Gasteiger partial charge in [0.05, 0.1) is 11.1 Å². The van der Waals surface area contributed by atoms with Crippen LogP contribution in [-0.4, -0.2) is 24.1 Å². The van der Waals surface area contributed by atoms with Gasteiger partial charge in [0, 0.05) is 0 Å². The number of hydrogen-bond acceptors (Lipinski definition) is 4. The summed E-state index contributed by atoms with van der Waals surface area (Å²) >= 11 is 0. The van der Waals surface area contributed by atoms with E-state index in [0.717, 1.165) is 35.8 Å². The Labute approximate surface area is 191 Å². The molecule has 0 spiro atoms. The second-order valence-corrected chi connectivity index (χ2v) is 9.81. The quantitative estimate of drug-likeness (QED) is 0.315. The molecule has 170 valence electrons. The molecular formula is C28H34O4. The maximum Gasteiger partial charge on any atom is 0.338 e. The Balaban J connectivity index is 1.51. The van der Waals surface area contributed by atoms with Crippen molar-refractivity contribution in [2.75, 3.05) is 0 Å². The molecule has 1 aromatic carbocycles. The van der Waals surface area contributed by atoms with E-state index < -0.39 is 12.2 Å². The van der Waals surface area contributed by atoms with Crippen LogP contribution < -0.4 is 0 Å². The van der Waals surface area contributed by atoms with Crippen molar-refractivity contribution in [1.82, 2.24) is 0 Å². The second kappa shape index (κ2) is 9.48. The lowest BCUT2D eigenvalue weighted by Gasteiger charge is -2.42. The highest BCUT2D eigenvalue weighted by Gasteiger charge is 2.53. The van der Waals surface area contributed by atoms with E-state index in [4.69, 9.17) is 9.47 Å². The number of allylic oxidation sites excluding steroid dienone is 3. The molecule has 3 aliphatic carbocycles. The van der Waals surface area contributed by atoms with Gasteiger partial charge in [-0.3, -0.25) is 0 Å². The minimum absolute atomic E-state index is 0.342. The molecule has 0 amide bonds. The molecule has 3 fully saturated rings. The Morgan fingerprint density at radius 3 is 2.09 bits per heavy atom. The van der Waals surface area contributed by atoms with Crippen molar-refractivity contribution in [2.24, 2.45) is 23.7 Å². The average Bonchev–Trinajstić information content (AvgIpc) is 3.37. The first kappa shape index (κ1) is 22.6. The van der Waals surface area contributed by atoms with Crippen molar-refractivity contribution in [1.29, 1.82) is 0 Å².